The van der Waals surface area contributed by atoms with Gasteiger partial charge in [0, 0.05) is 0 Å². The van der Waals surface area contributed by atoms with E-state index in [0.717, 1.165) is 11.7 Å². The van der Waals surface area contributed by atoms with E-state index < -0.39 is 14.2 Å². The Bertz CT molecular complexity index is 278. The summed E-state index contributed by atoms with van der Waals surface area (Å²) < 4.78 is 12.8. The molecule has 0 bridgehead atoms. The molecule has 0 N–H and O–H groups in total. The van der Waals surface area contributed by atoms with Gasteiger partial charge >= 0.3 is 28.1 Å². The van der Waals surface area contributed by atoms with Gasteiger partial charge in [-0.05, 0) is 18.0 Å². The van der Waals surface area contributed by atoms with Gasteiger partial charge in [-0.15, -0.1) is 0 Å². The standard InChI is InChI=1S/C8H14ClN2.Al.ClH.O/c1-3-4-5-11-7-10(2)6-8(11)9;;;/h6-7H,3-5H2,1-2H3;;1H;/q2*+1;;/p-1. The number of rotatable bonds is 3. The third kappa shape index (κ3) is 5.77. The maximum absolute atomic E-state index is 8.78. The first-order valence-corrected chi connectivity index (χ1v) is 7.00. The zero-order valence-corrected chi connectivity index (χ0v) is 11.1. The monoisotopic (exact) mass is 251 g/mol. The molecule has 0 spiro atoms. The fourth-order valence-corrected chi connectivity index (χ4v) is 1.33. The topological polar surface area (TPSA) is 25.9 Å². The van der Waals surface area contributed by atoms with Crippen molar-refractivity contribution in [1.29, 1.82) is 0 Å². The van der Waals surface area contributed by atoms with Crippen molar-refractivity contribution < 1.29 is 8.37 Å². The molecule has 0 aliphatic rings. The molecule has 0 aromatic carbocycles. The zero-order chi connectivity index (χ0) is 11.0. The fourth-order valence-electron chi connectivity index (χ4n) is 1.04. The summed E-state index contributed by atoms with van der Waals surface area (Å²) in [5, 5.41) is 0.820. The first-order chi connectivity index (χ1) is 6.65. The number of unbranched alkanes of at least 4 members (excludes halogenated alkanes) is 1. The number of nitrogens with zero attached hydrogens (tertiary/aromatic N) is 2. The number of imidazole rings is 1. The number of aryl methyl sites for hydroxylation is 2. The van der Waals surface area contributed by atoms with E-state index in [4.69, 9.17) is 15.4 Å². The molecule has 0 aliphatic heterocycles. The second-order valence-electron chi connectivity index (χ2n) is 2.87. The SMILES string of the molecule is CCCCn1c[n+](C)cc1Cl.[O]=[Al][Cl]. The van der Waals surface area contributed by atoms with Gasteiger partial charge in [-0.2, -0.15) is 0 Å². The Kier molecular flexibility index (Phi) is 8.51. The molecule has 0 saturated heterocycles. The predicted octanol–water partition coefficient (Wildman–Crippen LogP) is 1.96. The summed E-state index contributed by atoms with van der Waals surface area (Å²) in [6.45, 7) is 3.20. The summed E-state index contributed by atoms with van der Waals surface area (Å²) in [5.74, 6) is 0. The summed E-state index contributed by atoms with van der Waals surface area (Å²) in [7, 11) is 6.51. The molecule has 0 aliphatic carbocycles. The summed E-state index contributed by atoms with van der Waals surface area (Å²) in [6.07, 6.45) is 6.32. The van der Waals surface area contributed by atoms with Gasteiger partial charge in [-0.25, -0.2) is 9.13 Å². The van der Waals surface area contributed by atoms with Crippen molar-refractivity contribution in [3.8, 4) is 0 Å². The van der Waals surface area contributed by atoms with Gasteiger partial charge in [0.1, 0.15) is 6.20 Å². The van der Waals surface area contributed by atoms with Crippen molar-refractivity contribution in [3.63, 3.8) is 0 Å². The average molecular weight is 252 g/mol. The molecule has 1 rings (SSSR count). The number of aromatic nitrogens is 2. The third-order valence-electron chi connectivity index (χ3n) is 1.66. The third-order valence-corrected chi connectivity index (χ3v) is 1.97. The molecule has 0 unspecified atom stereocenters. The van der Waals surface area contributed by atoms with E-state index in [0.29, 0.717) is 0 Å². The van der Waals surface area contributed by atoms with E-state index in [2.05, 4.69) is 21.5 Å². The quantitative estimate of drug-likeness (QED) is 0.596. The van der Waals surface area contributed by atoms with E-state index >= 15 is 0 Å². The molecular formula is C8H14AlCl2N2O+. The van der Waals surface area contributed by atoms with Crippen molar-refractivity contribution in [2.45, 2.75) is 26.3 Å². The molecule has 0 atom stereocenters. The Morgan fingerprint density at radius 1 is 1.64 bits per heavy atom. The van der Waals surface area contributed by atoms with Gasteiger partial charge in [0.25, 0.3) is 0 Å². The second-order valence-corrected chi connectivity index (χ2v) is 3.97. The van der Waals surface area contributed by atoms with Crippen LogP contribution < -0.4 is 4.57 Å². The van der Waals surface area contributed by atoms with E-state index in [9.17, 15) is 0 Å². The molecule has 14 heavy (non-hydrogen) atoms. The van der Waals surface area contributed by atoms with Crippen LogP contribution in [0.1, 0.15) is 19.8 Å². The molecule has 6 heteroatoms. The molecule has 0 saturated carbocycles. The summed E-state index contributed by atoms with van der Waals surface area (Å²) in [5.41, 5.74) is 0. The molecule has 0 radical (unpaired) electrons. The molecule has 1 heterocycles. The zero-order valence-electron chi connectivity index (χ0n) is 8.41. The minimum absolute atomic E-state index is 0.820. The van der Waals surface area contributed by atoms with Crippen LogP contribution in [-0.4, -0.2) is 18.8 Å². The minimum atomic E-state index is -1.03. The Morgan fingerprint density at radius 2 is 2.21 bits per heavy atom. The fraction of sp³-hybridized carbons (Fsp3) is 0.625. The Hall–Kier alpha value is 0.122. The van der Waals surface area contributed by atoms with Crippen LogP contribution in [0.2, 0.25) is 5.15 Å². The Balaban J connectivity index is 0.000000500. The summed E-state index contributed by atoms with van der Waals surface area (Å²) in [6, 6.07) is 0. The van der Waals surface area contributed by atoms with Crippen LogP contribution in [0.4, 0.5) is 0 Å². The van der Waals surface area contributed by atoms with E-state index in [1.54, 1.807) is 0 Å². The molecule has 1 aromatic rings. The van der Waals surface area contributed by atoms with Crippen LogP contribution in [-0.2, 0) is 17.4 Å². The van der Waals surface area contributed by atoms with Crippen LogP contribution >= 0.6 is 21.7 Å². The van der Waals surface area contributed by atoms with Gasteiger partial charge in [0.15, 0.2) is 0 Å². The molecule has 0 fully saturated rings. The number of hydrogen-bond donors (Lipinski definition) is 0. The molecule has 78 valence electrons. The van der Waals surface area contributed by atoms with E-state index in [1.165, 1.54) is 12.8 Å². The number of halogens is 2. The first kappa shape index (κ1) is 14.1. The molecule has 0 amide bonds. The van der Waals surface area contributed by atoms with Crippen molar-refractivity contribution >= 4 is 35.9 Å². The van der Waals surface area contributed by atoms with Crippen LogP contribution in [0.25, 0.3) is 0 Å². The maximum atomic E-state index is 8.78. The van der Waals surface area contributed by atoms with Crippen molar-refractivity contribution in [2.75, 3.05) is 0 Å². The first-order valence-electron chi connectivity index (χ1n) is 4.40. The van der Waals surface area contributed by atoms with Gasteiger partial charge < -0.3 is 0 Å². The van der Waals surface area contributed by atoms with Gasteiger partial charge in [-0.3, -0.25) is 0 Å². The Morgan fingerprint density at radius 3 is 2.57 bits per heavy atom. The Labute approximate surface area is 99.8 Å². The van der Waals surface area contributed by atoms with Gasteiger partial charge in [0.2, 0.25) is 11.5 Å². The van der Waals surface area contributed by atoms with Crippen molar-refractivity contribution in [1.82, 2.24) is 4.57 Å². The predicted molar refractivity (Wildman–Crippen MR) is 57.8 cm³/mol. The summed E-state index contributed by atoms with van der Waals surface area (Å²) in [4.78, 5) is 0. The van der Waals surface area contributed by atoms with Crippen molar-refractivity contribution in [2.24, 2.45) is 7.05 Å². The van der Waals surface area contributed by atoms with E-state index in [1.807, 2.05) is 24.1 Å². The van der Waals surface area contributed by atoms with Crippen LogP contribution in [0.3, 0.4) is 0 Å². The van der Waals surface area contributed by atoms with E-state index in [-0.39, 0.29) is 0 Å². The van der Waals surface area contributed by atoms with Crippen molar-refractivity contribution in [3.05, 3.63) is 17.7 Å². The van der Waals surface area contributed by atoms with Crippen LogP contribution in [0.15, 0.2) is 12.5 Å². The average Bonchev–Trinajstić information content (AvgIpc) is 2.43. The molecule has 1 aromatic heterocycles. The van der Waals surface area contributed by atoms with Gasteiger partial charge in [-0.1, -0.05) is 13.3 Å². The van der Waals surface area contributed by atoms with Crippen LogP contribution in [0, 0.1) is 0 Å². The molecular weight excluding hydrogens is 238 g/mol. The molecule has 3 nitrogen and oxygen atoms in total. The summed E-state index contributed by atoms with van der Waals surface area (Å²) >= 11 is 4.90. The number of hydrogen-bond acceptors (Lipinski definition) is 1. The van der Waals surface area contributed by atoms with Gasteiger partial charge in [0.05, 0.1) is 13.6 Å². The second kappa shape index (κ2) is 8.43. The van der Waals surface area contributed by atoms with Crippen LogP contribution in [0.5, 0.6) is 0 Å². The normalized spacial score (nSPS) is 8.86.